The zero-order chi connectivity index (χ0) is 12.8. The van der Waals surface area contributed by atoms with E-state index in [2.05, 4.69) is 61.1 Å². The lowest BCUT2D eigenvalue weighted by atomic mass is 10.1. The van der Waals surface area contributed by atoms with Crippen LogP contribution in [0.25, 0.3) is 10.9 Å². The Bertz CT molecular complexity index is 475. The van der Waals surface area contributed by atoms with Crippen LogP contribution >= 0.6 is 11.8 Å². The zero-order valence-electron chi connectivity index (χ0n) is 11.4. The van der Waals surface area contributed by atoms with Crippen LogP contribution in [-0.2, 0) is 0 Å². The van der Waals surface area contributed by atoms with Gasteiger partial charge in [0.2, 0.25) is 0 Å². The Morgan fingerprint density at radius 3 is 2.83 bits per heavy atom. The van der Waals surface area contributed by atoms with E-state index in [1.807, 2.05) is 0 Å². The summed E-state index contributed by atoms with van der Waals surface area (Å²) in [6.45, 7) is 4.59. The van der Waals surface area contributed by atoms with Gasteiger partial charge in [-0.1, -0.05) is 44.4 Å². The molecule has 0 aliphatic carbocycles. The molecule has 0 aliphatic heterocycles. The van der Waals surface area contributed by atoms with Gasteiger partial charge >= 0.3 is 0 Å². The number of unbranched alkanes of at least 4 members (excludes halogenated alkanes) is 3. The average molecular weight is 261 g/mol. The Morgan fingerprint density at radius 1 is 1.17 bits per heavy atom. The molecule has 0 aliphatic rings. The van der Waals surface area contributed by atoms with E-state index in [4.69, 9.17) is 0 Å². The third kappa shape index (κ3) is 3.32. The summed E-state index contributed by atoms with van der Waals surface area (Å²) in [5.41, 5.74) is 2.71. The first-order valence-electron chi connectivity index (χ1n) is 7.00. The second kappa shape index (κ2) is 6.89. The Balaban J connectivity index is 1.90. The van der Waals surface area contributed by atoms with Crippen molar-refractivity contribution in [1.82, 2.24) is 4.98 Å². The molecule has 2 aromatic rings. The molecule has 1 nitrogen and oxygen atoms in total. The summed E-state index contributed by atoms with van der Waals surface area (Å²) in [6, 6.07) is 8.58. The van der Waals surface area contributed by atoms with Crippen LogP contribution < -0.4 is 0 Å². The van der Waals surface area contributed by atoms with Crippen molar-refractivity contribution in [2.24, 2.45) is 0 Å². The molecule has 1 N–H and O–H groups in total. The van der Waals surface area contributed by atoms with E-state index in [9.17, 15) is 0 Å². The molecule has 2 heteroatoms. The van der Waals surface area contributed by atoms with E-state index < -0.39 is 0 Å². The van der Waals surface area contributed by atoms with Gasteiger partial charge in [0.1, 0.15) is 0 Å². The minimum Gasteiger partial charge on any atom is -0.361 e. The van der Waals surface area contributed by atoms with Crippen molar-refractivity contribution >= 4 is 22.7 Å². The molecule has 1 unspecified atom stereocenters. The Hall–Kier alpha value is -0.890. The topological polar surface area (TPSA) is 15.8 Å². The molecule has 0 bridgehead atoms. The quantitative estimate of drug-likeness (QED) is 0.647. The number of H-pyrrole nitrogens is 1. The lowest BCUT2D eigenvalue weighted by molar-refractivity contribution is 0.706. The van der Waals surface area contributed by atoms with Gasteiger partial charge < -0.3 is 4.98 Å². The lowest BCUT2D eigenvalue weighted by Crippen LogP contribution is -1.89. The van der Waals surface area contributed by atoms with Crippen LogP contribution in [0.2, 0.25) is 0 Å². The van der Waals surface area contributed by atoms with Gasteiger partial charge in [0.05, 0.1) is 0 Å². The molecule has 0 fully saturated rings. The number of rotatable bonds is 7. The van der Waals surface area contributed by atoms with Crippen molar-refractivity contribution < 1.29 is 0 Å². The third-order valence-corrected chi connectivity index (χ3v) is 4.70. The number of hydrogen-bond donors (Lipinski definition) is 1. The van der Waals surface area contributed by atoms with E-state index in [0.29, 0.717) is 5.25 Å². The highest BCUT2D eigenvalue weighted by atomic mass is 32.2. The van der Waals surface area contributed by atoms with Gasteiger partial charge in [0, 0.05) is 22.3 Å². The third-order valence-electron chi connectivity index (χ3n) is 3.42. The molecule has 1 atom stereocenters. The van der Waals surface area contributed by atoms with Crippen molar-refractivity contribution in [3.8, 4) is 0 Å². The predicted molar refractivity (Wildman–Crippen MR) is 83.3 cm³/mol. The number of nitrogens with one attached hydrogen (secondary N) is 1. The van der Waals surface area contributed by atoms with Crippen LogP contribution in [0.15, 0.2) is 30.5 Å². The van der Waals surface area contributed by atoms with E-state index in [-0.39, 0.29) is 0 Å². The van der Waals surface area contributed by atoms with Crippen molar-refractivity contribution in [1.29, 1.82) is 0 Å². The SMILES string of the molecule is CCCCCCSC(C)c1c[nH]c2ccccc12. The molecule has 0 saturated heterocycles. The second-order valence-corrected chi connectivity index (χ2v) is 6.31. The van der Waals surface area contributed by atoms with Crippen LogP contribution in [0.1, 0.15) is 50.3 Å². The highest BCUT2D eigenvalue weighted by Gasteiger charge is 2.10. The van der Waals surface area contributed by atoms with E-state index in [0.717, 1.165) is 0 Å². The van der Waals surface area contributed by atoms with Crippen LogP contribution in [0.5, 0.6) is 0 Å². The maximum absolute atomic E-state index is 3.37. The number of hydrogen-bond acceptors (Lipinski definition) is 1. The molecule has 18 heavy (non-hydrogen) atoms. The molecule has 1 aromatic heterocycles. The summed E-state index contributed by atoms with van der Waals surface area (Å²) in [6.07, 6.45) is 7.61. The maximum atomic E-state index is 3.37. The fraction of sp³-hybridized carbons (Fsp3) is 0.500. The van der Waals surface area contributed by atoms with Gasteiger partial charge in [0.25, 0.3) is 0 Å². The number of aromatic amines is 1. The molecule has 0 saturated carbocycles. The molecule has 1 aromatic carbocycles. The van der Waals surface area contributed by atoms with Gasteiger partial charge in [-0.3, -0.25) is 0 Å². The minimum absolute atomic E-state index is 0.586. The predicted octanol–water partition coefficient (Wildman–Crippen LogP) is 5.54. The molecule has 2 rings (SSSR count). The van der Waals surface area contributed by atoms with Crippen molar-refractivity contribution in [2.45, 2.75) is 44.8 Å². The van der Waals surface area contributed by atoms with Crippen molar-refractivity contribution in [3.63, 3.8) is 0 Å². The first-order valence-corrected chi connectivity index (χ1v) is 8.05. The van der Waals surface area contributed by atoms with Gasteiger partial charge in [-0.2, -0.15) is 11.8 Å². The molecule has 0 spiro atoms. The van der Waals surface area contributed by atoms with Gasteiger partial charge in [-0.15, -0.1) is 0 Å². The van der Waals surface area contributed by atoms with Gasteiger partial charge in [-0.05, 0) is 30.7 Å². The Kier molecular flexibility index (Phi) is 5.18. The maximum Gasteiger partial charge on any atom is 0.0457 e. The van der Waals surface area contributed by atoms with Crippen LogP contribution in [0, 0.1) is 0 Å². The summed E-state index contributed by atoms with van der Waals surface area (Å²) in [4.78, 5) is 3.37. The van der Waals surface area contributed by atoms with Crippen molar-refractivity contribution in [3.05, 3.63) is 36.0 Å². The minimum atomic E-state index is 0.586. The Labute approximate surface area is 114 Å². The smallest absolute Gasteiger partial charge is 0.0457 e. The van der Waals surface area contributed by atoms with E-state index >= 15 is 0 Å². The van der Waals surface area contributed by atoms with Crippen LogP contribution in [-0.4, -0.2) is 10.7 Å². The fourth-order valence-electron chi connectivity index (χ4n) is 2.31. The summed E-state index contributed by atoms with van der Waals surface area (Å²) >= 11 is 2.08. The van der Waals surface area contributed by atoms with Gasteiger partial charge in [0.15, 0.2) is 0 Å². The normalized spacial score (nSPS) is 13.0. The average Bonchev–Trinajstić information content (AvgIpc) is 2.82. The van der Waals surface area contributed by atoms with E-state index in [1.54, 1.807) is 0 Å². The van der Waals surface area contributed by atoms with E-state index in [1.165, 1.54) is 47.9 Å². The largest absolute Gasteiger partial charge is 0.361 e. The Morgan fingerprint density at radius 2 is 2.00 bits per heavy atom. The summed E-state index contributed by atoms with van der Waals surface area (Å²) in [5, 5.41) is 1.97. The number of fused-ring (bicyclic) bond motifs is 1. The first-order chi connectivity index (χ1) is 8.83. The lowest BCUT2D eigenvalue weighted by Gasteiger charge is -2.10. The standard InChI is InChI=1S/C16H23NS/c1-3-4-5-8-11-18-13(2)15-12-17-16-10-7-6-9-14(15)16/h6-7,9-10,12-13,17H,3-5,8,11H2,1-2H3. The molecule has 1 heterocycles. The van der Waals surface area contributed by atoms with Crippen LogP contribution in [0.4, 0.5) is 0 Å². The summed E-state index contributed by atoms with van der Waals surface area (Å²) in [7, 11) is 0. The number of thioether (sulfide) groups is 1. The molecule has 0 radical (unpaired) electrons. The highest BCUT2D eigenvalue weighted by Crippen LogP contribution is 2.33. The van der Waals surface area contributed by atoms with Crippen molar-refractivity contribution in [2.75, 3.05) is 5.75 Å². The molecule has 0 amide bonds. The molecule has 98 valence electrons. The monoisotopic (exact) mass is 261 g/mol. The second-order valence-electron chi connectivity index (χ2n) is 4.86. The summed E-state index contributed by atoms with van der Waals surface area (Å²) in [5.74, 6) is 1.28. The fourth-order valence-corrected chi connectivity index (χ4v) is 3.41. The molecular formula is C16H23NS. The first kappa shape index (κ1) is 13.5. The number of para-hydroxylation sites is 1. The number of aromatic nitrogens is 1. The number of benzene rings is 1. The van der Waals surface area contributed by atoms with Crippen LogP contribution in [0.3, 0.4) is 0 Å². The van der Waals surface area contributed by atoms with Gasteiger partial charge in [-0.25, -0.2) is 0 Å². The summed E-state index contributed by atoms with van der Waals surface area (Å²) < 4.78 is 0. The highest BCUT2D eigenvalue weighted by molar-refractivity contribution is 7.99. The zero-order valence-corrected chi connectivity index (χ0v) is 12.2. The molecular weight excluding hydrogens is 238 g/mol.